The molecule has 0 aromatic rings. The van der Waals surface area contributed by atoms with Crippen molar-refractivity contribution in [1.82, 2.24) is 5.32 Å². The van der Waals surface area contributed by atoms with Gasteiger partial charge in [0.25, 0.3) is 5.92 Å². The van der Waals surface area contributed by atoms with Gasteiger partial charge in [-0.1, -0.05) is 5.11 Å². The van der Waals surface area contributed by atoms with Crippen molar-refractivity contribution in [2.45, 2.75) is 38.7 Å². The zero-order valence-corrected chi connectivity index (χ0v) is 10.5. The van der Waals surface area contributed by atoms with Gasteiger partial charge in [0.15, 0.2) is 0 Å². The molecule has 1 fully saturated rings. The van der Waals surface area contributed by atoms with Crippen LogP contribution in [0.3, 0.4) is 0 Å². The molecule has 1 atom stereocenters. The minimum absolute atomic E-state index is 0.270. The maximum absolute atomic E-state index is 13.2. The third-order valence-corrected chi connectivity index (χ3v) is 2.62. The number of carbonyl (C=O) groups excluding carboxylic acids is 1. The Balaban J connectivity index is 2.51. The highest BCUT2D eigenvalue weighted by molar-refractivity contribution is 5.67. The molecular weight excluding hydrogens is 246 g/mol. The Labute approximate surface area is 103 Å². The molecule has 0 aromatic heterocycles. The number of azide groups is 1. The molecule has 1 amide bonds. The van der Waals surface area contributed by atoms with E-state index in [0.29, 0.717) is 0 Å². The van der Waals surface area contributed by atoms with E-state index in [2.05, 4.69) is 15.3 Å². The van der Waals surface area contributed by atoms with Crippen LogP contribution < -0.4 is 5.32 Å². The van der Waals surface area contributed by atoms with Crippen LogP contribution in [0.5, 0.6) is 0 Å². The molecule has 1 unspecified atom stereocenters. The van der Waals surface area contributed by atoms with Crippen molar-refractivity contribution < 1.29 is 18.3 Å². The fraction of sp³-hybridized carbons (Fsp3) is 0.900. The number of alkyl carbamates (subject to hydrolysis) is 1. The minimum Gasteiger partial charge on any atom is -0.444 e. The summed E-state index contributed by atoms with van der Waals surface area (Å²) in [5, 5.41) is 5.44. The fourth-order valence-corrected chi connectivity index (χ4v) is 1.52. The van der Waals surface area contributed by atoms with Crippen LogP contribution in [0.15, 0.2) is 5.11 Å². The number of ether oxygens (including phenoxy) is 1. The molecule has 1 aliphatic carbocycles. The van der Waals surface area contributed by atoms with Crippen LogP contribution in [0, 0.1) is 5.41 Å². The first-order valence-corrected chi connectivity index (χ1v) is 5.47. The van der Waals surface area contributed by atoms with Crippen LogP contribution in [0.1, 0.15) is 27.2 Å². The molecule has 0 heterocycles. The predicted molar refractivity (Wildman–Crippen MR) is 60.2 cm³/mol. The molecule has 0 aromatic carbocycles. The lowest BCUT2D eigenvalue weighted by Gasteiger charge is -2.21. The third-order valence-electron chi connectivity index (χ3n) is 2.62. The van der Waals surface area contributed by atoms with E-state index in [1.165, 1.54) is 0 Å². The van der Waals surface area contributed by atoms with Crippen molar-refractivity contribution in [2.24, 2.45) is 10.5 Å². The number of nitrogens with one attached hydrogen (secondary N) is 1. The molecule has 102 valence electrons. The first-order chi connectivity index (χ1) is 8.12. The normalized spacial score (nSPS) is 24.9. The van der Waals surface area contributed by atoms with Crippen molar-refractivity contribution >= 4 is 6.09 Å². The fourth-order valence-electron chi connectivity index (χ4n) is 1.52. The van der Waals surface area contributed by atoms with Gasteiger partial charge in [0, 0.05) is 24.4 Å². The van der Waals surface area contributed by atoms with Crippen molar-refractivity contribution in [3.8, 4) is 0 Å². The summed E-state index contributed by atoms with van der Waals surface area (Å²) >= 11 is 0. The highest BCUT2D eigenvalue weighted by atomic mass is 19.3. The van der Waals surface area contributed by atoms with Gasteiger partial charge < -0.3 is 10.1 Å². The molecule has 1 aliphatic rings. The van der Waals surface area contributed by atoms with Crippen molar-refractivity contribution in [3.05, 3.63) is 10.4 Å². The van der Waals surface area contributed by atoms with E-state index in [0.717, 1.165) is 0 Å². The summed E-state index contributed by atoms with van der Waals surface area (Å²) in [6.07, 6.45) is -1.15. The lowest BCUT2D eigenvalue weighted by atomic mass is 10.1. The van der Waals surface area contributed by atoms with Gasteiger partial charge in [-0.2, -0.15) is 0 Å². The monoisotopic (exact) mass is 262 g/mol. The van der Waals surface area contributed by atoms with Gasteiger partial charge >= 0.3 is 6.09 Å². The standard InChI is InChI=1S/C10H16F2N4O2/c1-8(2,3)18-7(17)14-5-9(6-15-16-13)4-10(9,11)12/h4-6H2,1-3H3,(H,14,17). The molecule has 18 heavy (non-hydrogen) atoms. The zero-order valence-electron chi connectivity index (χ0n) is 10.5. The minimum atomic E-state index is -2.91. The first kappa shape index (κ1) is 14.5. The number of rotatable bonds is 4. The average molecular weight is 262 g/mol. The van der Waals surface area contributed by atoms with E-state index in [-0.39, 0.29) is 13.1 Å². The molecule has 1 rings (SSSR count). The van der Waals surface area contributed by atoms with Crippen molar-refractivity contribution in [1.29, 1.82) is 0 Å². The Bertz CT molecular complexity index is 388. The van der Waals surface area contributed by atoms with Gasteiger partial charge in [-0.15, -0.1) is 0 Å². The summed E-state index contributed by atoms with van der Waals surface area (Å²) in [7, 11) is 0. The first-order valence-electron chi connectivity index (χ1n) is 5.47. The molecule has 0 radical (unpaired) electrons. The highest BCUT2D eigenvalue weighted by Gasteiger charge is 2.70. The Morgan fingerprint density at radius 1 is 1.56 bits per heavy atom. The van der Waals surface area contributed by atoms with Gasteiger partial charge in [-0.3, -0.25) is 0 Å². The molecule has 1 N–H and O–H groups in total. The molecule has 0 saturated heterocycles. The SMILES string of the molecule is CC(C)(C)OC(=O)NCC1(CN=[N+]=[N-])CC1(F)F. The van der Waals surface area contributed by atoms with Crippen LogP contribution >= 0.6 is 0 Å². The summed E-state index contributed by atoms with van der Waals surface area (Å²) in [5.74, 6) is -2.91. The molecule has 6 nitrogen and oxygen atoms in total. The van der Waals surface area contributed by atoms with E-state index in [1.807, 2.05) is 0 Å². The maximum atomic E-state index is 13.2. The number of hydrogen-bond donors (Lipinski definition) is 1. The van der Waals surface area contributed by atoms with Gasteiger partial charge in [0.1, 0.15) is 5.60 Å². The van der Waals surface area contributed by atoms with Gasteiger partial charge in [-0.05, 0) is 26.3 Å². The van der Waals surface area contributed by atoms with E-state index in [4.69, 9.17) is 10.3 Å². The topological polar surface area (TPSA) is 87.1 Å². The summed E-state index contributed by atoms with van der Waals surface area (Å²) < 4.78 is 31.3. The Morgan fingerprint density at radius 2 is 2.11 bits per heavy atom. The van der Waals surface area contributed by atoms with E-state index < -0.39 is 29.5 Å². The van der Waals surface area contributed by atoms with Gasteiger partial charge in [0.05, 0.1) is 5.41 Å². The Hall–Kier alpha value is -1.56. The van der Waals surface area contributed by atoms with Crippen LogP contribution in [-0.4, -0.2) is 30.7 Å². The van der Waals surface area contributed by atoms with Crippen molar-refractivity contribution in [3.63, 3.8) is 0 Å². The van der Waals surface area contributed by atoms with Gasteiger partial charge in [0.2, 0.25) is 0 Å². The maximum Gasteiger partial charge on any atom is 0.407 e. The number of alkyl halides is 2. The number of hydrogen-bond acceptors (Lipinski definition) is 3. The second kappa shape index (κ2) is 4.61. The molecule has 0 aliphatic heterocycles. The molecular formula is C10H16F2N4O2. The van der Waals surface area contributed by atoms with E-state index in [1.54, 1.807) is 20.8 Å². The second-order valence-electron chi connectivity index (χ2n) is 5.41. The van der Waals surface area contributed by atoms with Crippen molar-refractivity contribution in [2.75, 3.05) is 13.1 Å². The van der Waals surface area contributed by atoms with Crippen LogP contribution in [0.25, 0.3) is 10.4 Å². The number of halogens is 2. The Kier molecular flexibility index (Phi) is 3.71. The zero-order chi connectivity index (χ0) is 14.0. The van der Waals surface area contributed by atoms with Crippen LogP contribution in [0.4, 0.5) is 13.6 Å². The Morgan fingerprint density at radius 3 is 2.50 bits per heavy atom. The highest BCUT2D eigenvalue weighted by Crippen LogP contribution is 2.60. The summed E-state index contributed by atoms with van der Waals surface area (Å²) in [6.45, 7) is 4.41. The summed E-state index contributed by atoms with van der Waals surface area (Å²) in [5.41, 5.74) is 6.01. The van der Waals surface area contributed by atoms with E-state index in [9.17, 15) is 13.6 Å². The van der Waals surface area contributed by atoms with Gasteiger partial charge in [-0.25, -0.2) is 13.6 Å². The molecule has 0 spiro atoms. The summed E-state index contributed by atoms with van der Waals surface area (Å²) in [6, 6.07) is 0. The lowest BCUT2D eigenvalue weighted by molar-refractivity contribution is 0.0447. The number of nitrogens with zero attached hydrogens (tertiary/aromatic N) is 3. The van der Waals surface area contributed by atoms with Crippen LogP contribution in [-0.2, 0) is 4.74 Å². The molecule has 0 bridgehead atoms. The molecule has 8 heteroatoms. The van der Waals surface area contributed by atoms with Crippen LogP contribution in [0.2, 0.25) is 0 Å². The predicted octanol–water partition coefficient (Wildman–Crippen LogP) is 2.85. The average Bonchev–Trinajstić information content (AvgIpc) is 2.73. The number of carbonyl (C=O) groups is 1. The largest absolute Gasteiger partial charge is 0.444 e. The third kappa shape index (κ3) is 3.46. The van der Waals surface area contributed by atoms with E-state index >= 15 is 0 Å². The second-order valence-corrected chi connectivity index (χ2v) is 5.41. The lowest BCUT2D eigenvalue weighted by Crippen LogP contribution is -2.38. The molecule has 1 saturated carbocycles. The smallest absolute Gasteiger partial charge is 0.407 e. The summed E-state index contributed by atoms with van der Waals surface area (Å²) in [4.78, 5) is 13.8. The quantitative estimate of drug-likeness (QED) is 0.479. The number of amides is 1.